The van der Waals surface area contributed by atoms with Gasteiger partial charge in [0.15, 0.2) is 5.60 Å². The molecule has 29 heavy (non-hydrogen) atoms. The molecule has 0 aliphatic carbocycles. The molecule has 0 saturated heterocycles. The van der Waals surface area contributed by atoms with Gasteiger partial charge in [0.05, 0.1) is 6.42 Å². The van der Waals surface area contributed by atoms with E-state index in [0.717, 1.165) is 0 Å². The fourth-order valence-corrected chi connectivity index (χ4v) is 1.98. The van der Waals surface area contributed by atoms with Crippen LogP contribution in [0.5, 0.6) is 0 Å². The van der Waals surface area contributed by atoms with Gasteiger partial charge in [0.1, 0.15) is 17.6 Å². The van der Waals surface area contributed by atoms with E-state index in [2.05, 4.69) is 0 Å². The van der Waals surface area contributed by atoms with Crippen LogP contribution in [0.4, 0.5) is 0 Å². The van der Waals surface area contributed by atoms with Gasteiger partial charge >= 0.3 is 29.8 Å². The molecule has 0 saturated carbocycles. The zero-order chi connectivity index (χ0) is 24.2. The molecule has 0 bridgehead atoms. The van der Waals surface area contributed by atoms with Crippen LogP contribution < -0.4 is 0 Å². The maximum Gasteiger partial charge on any atom is 0.337 e. The average Bonchev–Trinajstić information content (AvgIpc) is 2.56. The highest BCUT2D eigenvalue weighted by molar-refractivity contribution is 5.92. The second-order valence-electron chi connectivity index (χ2n) is 5.86. The number of carboxylic acids is 5. The van der Waals surface area contributed by atoms with Crippen LogP contribution in [0.25, 0.3) is 0 Å². The molecule has 3 unspecified atom stereocenters. The molecule has 0 aromatic carbocycles. The Bertz CT molecular complexity index is 559. The molecule has 0 aliphatic heterocycles. The topological polar surface area (TPSA) is 247 Å². The normalized spacial score (nSPS) is 14.4. The van der Waals surface area contributed by atoms with E-state index in [4.69, 9.17) is 35.7 Å². The molecule has 0 aromatic rings. The zero-order valence-electron chi connectivity index (χ0n) is 16.4. The lowest BCUT2D eigenvalue weighted by Crippen LogP contribution is -2.58. The van der Waals surface area contributed by atoms with E-state index in [0.29, 0.717) is 0 Å². The van der Waals surface area contributed by atoms with Gasteiger partial charge in [0.25, 0.3) is 0 Å². The Morgan fingerprint density at radius 1 is 0.724 bits per heavy atom. The lowest BCUT2D eigenvalue weighted by Gasteiger charge is -2.39. The van der Waals surface area contributed by atoms with E-state index in [1.807, 2.05) is 0 Å². The molecule has 13 heteroatoms. The minimum absolute atomic E-state index is 0.186. The van der Waals surface area contributed by atoms with Crippen LogP contribution in [0.15, 0.2) is 0 Å². The Kier molecular flexibility index (Phi) is 14.3. The van der Waals surface area contributed by atoms with Gasteiger partial charge in [-0.3, -0.25) is 9.59 Å². The maximum absolute atomic E-state index is 11.2. The Morgan fingerprint density at radius 3 is 1.10 bits per heavy atom. The lowest BCUT2D eigenvalue weighted by atomic mass is 9.66. The van der Waals surface area contributed by atoms with Crippen LogP contribution >= 0.6 is 0 Å². The van der Waals surface area contributed by atoms with E-state index in [1.54, 1.807) is 0 Å². The minimum atomic E-state index is -2.83. The summed E-state index contributed by atoms with van der Waals surface area (Å²) < 4.78 is 0. The molecule has 0 aromatic heterocycles. The van der Waals surface area contributed by atoms with Gasteiger partial charge in [-0.05, 0) is 26.7 Å². The van der Waals surface area contributed by atoms with Gasteiger partial charge in [-0.1, -0.05) is 13.8 Å². The zero-order valence-corrected chi connectivity index (χ0v) is 16.4. The van der Waals surface area contributed by atoms with Crippen molar-refractivity contribution >= 4 is 29.8 Å². The Hall–Kier alpha value is -2.77. The quantitative estimate of drug-likeness (QED) is 0.221. The maximum atomic E-state index is 11.2. The standard InChI is InChI=1S/C10H16O7.2C3H6O3/c1-3-9(4-2,7(13)14)10(17,8(15)16)5-6(11)12;2*1-2(4)3(5)6/h17H,3-5H2,1-2H3,(H,11,12)(H,13,14)(H,15,16);2*2,4H,1H3,(H,5,6). The van der Waals surface area contributed by atoms with Crippen LogP contribution in [0, 0.1) is 5.41 Å². The summed E-state index contributed by atoms with van der Waals surface area (Å²) in [7, 11) is 0. The van der Waals surface area contributed by atoms with Gasteiger partial charge in [0, 0.05) is 0 Å². The molecule has 0 spiro atoms. The van der Waals surface area contributed by atoms with Crippen molar-refractivity contribution in [3.05, 3.63) is 0 Å². The highest BCUT2D eigenvalue weighted by Crippen LogP contribution is 2.41. The minimum Gasteiger partial charge on any atom is -0.481 e. The Morgan fingerprint density at radius 2 is 1.00 bits per heavy atom. The summed E-state index contributed by atoms with van der Waals surface area (Å²) >= 11 is 0. The second-order valence-corrected chi connectivity index (χ2v) is 5.86. The first-order valence-corrected chi connectivity index (χ1v) is 8.19. The largest absolute Gasteiger partial charge is 0.481 e. The molecule has 0 heterocycles. The monoisotopic (exact) mass is 428 g/mol. The van der Waals surface area contributed by atoms with Gasteiger partial charge in [-0.2, -0.15) is 0 Å². The van der Waals surface area contributed by atoms with Gasteiger partial charge in [-0.15, -0.1) is 0 Å². The van der Waals surface area contributed by atoms with Gasteiger partial charge in [0.2, 0.25) is 0 Å². The fraction of sp³-hybridized carbons (Fsp3) is 0.688. The van der Waals surface area contributed by atoms with Gasteiger partial charge < -0.3 is 40.9 Å². The highest BCUT2D eigenvalue weighted by Gasteiger charge is 2.60. The number of carbonyl (C=O) groups is 5. The first-order valence-electron chi connectivity index (χ1n) is 8.19. The number of hydrogen-bond donors (Lipinski definition) is 8. The van der Waals surface area contributed by atoms with Crippen LogP contribution in [0.3, 0.4) is 0 Å². The molecule has 0 rings (SSSR count). The Balaban J connectivity index is -0.000000460. The SMILES string of the molecule is CC(O)C(=O)O.CC(O)C(=O)O.CCC(CC)(C(=O)O)C(O)(CC(=O)O)C(=O)O. The second kappa shape index (κ2) is 13.4. The predicted octanol–water partition coefficient (Wildman–Crippen LogP) is -0.929. The first-order chi connectivity index (χ1) is 13.0. The van der Waals surface area contributed by atoms with Crippen molar-refractivity contribution in [1.82, 2.24) is 0 Å². The van der Waals surface area contributed by atoms with E-state index in [-0.39, 0.29) is 12.8 Å². The molecule has 13 nitrogen and oxygen atoms in total. The van der Waals surface area contributed by atoms with Crippen molar-refractivity contribution in [2.45, 2.75) is 64.8 Å². The lowest BCUT2D eigenvalue weighted by molar-refractivity contribution is -0.194. The number of carboxylic acid groups (broad SMARTS) is 5. The number of hydrogen-bond acceptors (Lipinski definition) is 8. The van der Waals surface area contributed by atoms with Crippen molar-refractivity contribution in [3.8, 4) is 0 Å². The molecule has 0 radical (unpaired) electrons. The van der Waals surface area contributed by atoms with E-state index >= 15 is 0 Å². The number of aliphatic hydroxyl groups excluding tert-OH is 2. The number of rotatable bonds is 9. The molecule has 8 N–H and O–H groups in total. The Labute approximate surface area is 165 Å². The summed E-state index contributed by atoms with van der Waals surface area (Å²) in [6.45, 7) is 5.19. The van der Waals surface area contributed by atoms with Gasteiger partial charge in [-0.25, -0.2) is 14.4 Å². The van der Waals surface area contributed by atoms with Crippen molar-refractivity contribution in [2.75, 3.05) is 0 Å². The molecule has 0 amide bonds. The van der Waals surface area contributed by atoms with Crippen LogP contribution in [0.1, 0.15) is 47.0 Å². The molecule has 3 atom stereocenters. The molecule has 0 fully saturated rings. The molecular weight excluding hydrogens is 400 g/mol. The van der Waals surface area contributed by atoms with Crippen LogP contribution in [-0.4, -0.2) is 88.5 Å². The third-order valence-corrected chi connectivity index (χ3v) is 3.88. The van der Waals surface area contributed by atoms with Crippen molar-refractivity contribution in [3.63, 3.8) is 0 Å². The predicted molar refractivity (Wildman–Crippen MR) is 94.1 cm³/mol. The van der Waals surface area contributed by atoms with Crippen molar-refractivity contribution in [1.29, 1.82) is 0 Å². The molecule has 170 valence electrons. The summed E-state index contributed by atoms with van der Waals surface area (Å²) in [5.74, 6) is -7.30. The van der Waals surface area contributed by atoms with Crippen molar-refractivity contribution < 1.29 is 64.8 Å². The number of aliphatic hydroxyl groups is 3. The number of aliphatic carboxylic acids is 5. The highest BCUT2D eigenvalue weighted by atomic mass is 16.4. The summed E-state index contributed by atoms with van der Waals surface area (Å²) in [4.78, 5) is 51.8. The third-order valence-electron chi connectivity index (χ3n) is 3.88. The fourth-order valence-electron chi connectivity index (χ4n) is 1.98. The van der Waals surface area contributed by atoms with E-state index in [9.17, 15) is 29.1 Å². The summed E-state index contributed by atoms with van der Waals surface area (Å²) in [6.07, 6.45) is -3.99. The van der Waals surface area contributed by atoms with E-state index < -0.39 is 59.5 Å². The molecule has 0 aliphatic rings. The third kappa shape index (κ3) is 9.82. The summed E-state index contributed by atoms with van der Waals surface area (Å²) in [5.41, 5.74) is -4.84. The van der Waals surface area contributed by atoms with Crippen LogP contribution in [0.2, 0.25) is 0 Å². The summed E-state index contributed by atoms with van der Waals surface area (Å²) in [5, 5.41) is 68.2. The average molecular weight is 428 g/mol. The molecular formula is C16H28O13. The van der Waals surface area contributed by atoms with Crippen LogP contribution in [-0.2, 0) is 24.0 Å². The van der Waals surface area contributed by atoms with E-state index in [1.165, 1.54) is 27.7 Å². The summed E-state index contributed by atoms with van der Waals surface area (Å²) in [6, 6.07) is 0. The van der Waals surface area contributed by atoms with Crippen molar-refractivity contribution in [2.24, 2.45) is 5.41 Å². The first kappa shape index (κ1) is 30.9. The smallest absolute Gasteiger partial charge is 0.337 e.